The fourth-order valence-corrected chi connectivity index (χ4v) is 6.92. The molecule has 0 radical (unpaired) electrons. The largest absolute Gasteiger partial charge is 0.463 e. The van der Waals surface area contributed by atoms with Crippen molar-refractivity contribution in [3.63, 3.8) is 0 Å². The molecule has 3 heterocycles. The molecule has 0 fully saturated rings. The van der Waals surface area contributed by atoms with Gasteiger partial charge in [-0.2, -0.15) is 0 Å². The molecule has 44 heavy (non-hydrogen) atoms. The second-order valence-electron chi connectivity index (χ2n) is 10.8. The lowest BCUT2D eigenvalue weighted by Gasteiger charge is -2.25. The Hall–Kier alpha value is -4.11. The van der Waals surface area contributed by atoms with Gasteiger partial charge in [-0.05, 0) is 61.4 Å². The lowest BCUT2D eigenvalue weighted by molar-refractivity contribution is -0.139. The number of hydrogen-bond donors (Lipinski definition) is 0. The number of carbonyl (C=O) groups excluding carboxylic acids is 1. The molecule has 0 saturated heterocycles. The smallest absolute Gasteiger partial charge is 0.338 e. The number of esters is 1. The van der Waals surface area contributed by atoms with Crippen molar-refractivity contribution in [2.45, 2.75) is 26.4 Å². The quantitative estimate of drug-likeness (QED) is 0.199. The summed E-state index contributed by atoms with van der Waals surface area (Å²) >= 11 is 13.7. The number of thiazole rings is 1. The van der Waals surface area contributed by atoms with Crippen molar-refractivity contribution in [2.75, 3.05) is 25.6 Å². The van der Waals surface area contributed by atoms with E-state index >= 15 is 0 Å². The summed E-state index contributed by atoms with van der Waals surface area (Å²) in [6.07, 6.45) is 3.95. The minimum absolute atomic E-state index is 0.217. The molecular formula is C34H30Cl2N4O3S. The van der Waals surface area contributed by atoms with Crippen molar-refractivity contribution < 1.29 is 9.53 Å². The van der Waals surface area contributed by atoms with Crippen LogP contribution in [-0.4, -0.2) is 35.8 Å². The number of fused-ring (bicyclic) bond motifs is 2. The number of aromatic nitrogens is 2. The summed E-state index contributed by atoms with van der Waals surface area (Å²) < 4.78 is 9.71. The molecule has 0 N–H and O–H groups in total. The van der Waals surface area contributed by atoms with Gasteiger partial charge in [0.2, 0.25) is 0 Å². The van der Waals surface area contributed by atoms with E-state index in [-0.39, 0.29) is 12.2 Å². The Morgan fingerprint density at radius 3 is 2.52 bits per heavy atom. The van der Waals surface area contributed by atoms with Crippen LogP contribution in [0.5, 0.6) is 0 Å². The van der Waals surface area contributed by atoms with Crippen LogP contribution >= 0.6 is 34.5 Å². The number of rotatable bonds is 7. The molecule has 6 rings (SSSR count). The number of benzene rings is 3. The molecule has 7 nitrogen and oxygen atoms in total. The first-order chi connectivity index (χ1) is 21.2. The van der Waals surface area contributed by atoms with Gasteiger partial charge in [0.1, 0.15) is 0 Å². The van der Waals surface area contributed by atoms with E-state index in [1.807, 2.05) is 85.9 Å². The van der Waals surface area contributed by atoms with Gasteiger partial charge in [-0.15, -0.1) is 0 Å². The molecule has 0 unspecified atom stereocenters. The molecule has 0 amide bonds. The lowest BCUT2D eigenvalue weighted by atomic mass is 9.95. The minimum atomic E-state index is -0.667. The van der Waals surface area contributed by atoms with E-state index in [4.69, 9.17) is 32.9 Å². The second kappa shape index (κ2) is 12.1. The molecule has 1 aliphatic heterocycles. The van der Waals surface area contributed by atoms with Gasteiger partial charge >= 0.3 is 5.97 Å². The topological polar surface area (TPSA) is 68.8 Å². The Balaban J connectivity index is 1.50. The highest BCUT2D eigenvalue weighted by Crippen LogP contribution is 2.32. The molecule has 0 aliphatic carbocycles. The predicted octanol–water partition coefficient (Wildman–Crippen LogP) is 6.17. The van der Waals surface area contributed by atoms with E-state index in [0.29, 0.717) is 37.2 Å². The Morgan fingerprint density at radius 1 is 1.07 bits per heavy atom. The van der Waals surface area contributed by atoms with Gasteiger partial charge in [-0.25, -0.2) is 9.79 Å². The maximum atomic E-state index is 14.2. The number of hydrogen-bond acceptors (Lipinski definition) is 6. The van der Waals surface area contributed by atoms with Crippen LogP contribution in [0.4, 0.5) is 5.69 Å². The number of allylic oxidation sites excluding steroid dienone is 1. The van der Waals surface area contributed by atoms with Gasteiger partial charge in [-0.1, -0.05) is 70.9 Å². The summed E-state index contributed by atoms with van der Waals surface area (Å²) in [5, 5.41) is 2.03. The average molecular weight is 646 g/mol. The summed E-state index contributed by atoms with van der Waals surface area (Å²) in [6, 6.07) is 20.9. The summed E-state index contributed by atoms with van der Waals surface area (Å²) in [7, 11) is 3.93. The second-order valence-corrected chi connectivity index (χ2v) is 12.6. The maximum absolute atomic E-state index is 14.2. The zero-order valence-electron chi connectivity index (χ0n) is 24.7. The fourth-order valence-electron chi connectivity index (χ4n) is 5.56. The van der Waals surface area contributed by atoms with Crippen LogP contribution in [0.2, 0.25) is 10.0 Å². The van der Waals surface area contributed by atoms with Crippen molar-refractivity contribution in [3.05, 3.63) is 131 Å². The summed E-state index contributed by atoms with van der Waals surface area (Å²) in [5.74, 6) is -0.477. The first-order valence-corrected chi connectivity index (χ1v) is 15.7. The van der Waals surface area contributed by atoms with E-state index in [2.05, 4.69) is 10.6 Å². The molecule has 1 aliphatic rings. The molecular weight excluding hydrogens is 615 g/mol. The van der Waals surface area contributed by atoms with Crippen LogP contribution in [0.1, 0.15) is 36.6 Å². The van der Waals surface area contributed by atoms with E-state index in [1.54, 1.807) is 24.5 Å². The van der Waals surface area contributed by atoms with Gasteiger partial charge in [-0.3, -0.25) is 9.36 Å². The standard InChI is InChI=1S/C34H30Cl2N4O3S/c1-5-43-33(42)30-20(2)37-34-40(31(30)22-11-13-24(14-12-22)38(3)4)32(41)29(44-34)17-23-19-39(28-9-7-6-8-25(23)28)18-21-10-15-26(35)27(36)16-21/h6-17,19,31H,5,18H2,1-4H3/b29-17+/t31-/m1/s1. The van der Waals surface area contributed by atoms with E-state index in [9.17, 15) is 9.59 Å². The van der Waals surface area contributed by atoms with Gasteiger partial charge in [0.15, 0.2) is 4.80 Å². The zero-order valence-corrected chi connectivity index (χ0v) is 27.0. The first kappa shape index (κ1) is 29.9. The monoisotopic (exact) mass is 644 g/mol. The summed E-state index contributed by atoms with van der Waals surface area (Å²) in [5.41, 5.74) is 5.43. The van der Waals surface area contributed by atoms with Crippen LogP contribution in [0, 0.1) is 0 Å². The molecule has 1 atom stereocenters. The van der Waals surface area contributed by atoms with Crippen molar-refractivity contribution in [1.29, 1.82) is 0 Å². The number of anilines is 1. The van der Waals surface area contributed by atoms with Crippen LogP contribution in [-0.2, 0) is 16.1 Å². The summed E-state index contributed by atoms with van der Waals surface area (Å²) in [6.45, 7) is 4.36. The van der Waals surface area contributed by atoms with Gasteiger partial charge in [0.05, 0.1) is 38.5 Å². The van der Waals surface area contributed by atoms with Crippen molar-refractivity contribution >= 4 is 63.2 Å². The molecule has 0 spiro atoms. The van der Waals surface area contributed by atoms with Crippen LogP contribution in [0.25, 0.3) is 17.0 Å². The third-order valence-corrected chi connectivity index (χ3v) is 9.41. The Labute approximate surface area is 268 Å². The number of para-hydroxylation sites is 1. The number of ether oxygens (including phenoxy) is 1. The predicted molar refractivity (Wildman–Crippen MR) is 179 cm³/mol. The Kier molecular flexibility index (Phi) is 8.24. The van der Waals surface area contributed by atoms with Crippen LogP contribution < -0.4 is 19.8 Å². The van der Waals surface area contributed by atoms with Gasteiger partial charge in [0.25, 0.3) is 5.56 Å². The Morgan fingerprint density at radius 2 is 1.82 bits per heavy atom. The average Bonchev–Trinajstić information content (AvgIpc) is 3.50. The van der Waals surface area contributed by atoms with Crippen molar-refractivity contribution in [2.24, 2.45) is 4.99 Å². The van der Waals surface area contributed by atoms with Gasteiger partial charge < -0.3 is 14.2 Å². The maximum Gasteiger partial charge on any atom is 0.338 e. The number of carbonyl (C=O) groups is 1. The molecule has 3 aromatic carbocycles. The van der Waals surface area contributed by atoms with E-state index < -0.39 is 12.0 Å². The third kappa shape index (κ3) is 5.49. The van der Waals surface area contributed by atoms with Gasteiger partial charge in [0, 0.05) is 49.0 Å². The molecule has 0 saturated carbocycles. The molecule has 0 bridgehead atoms. The van der Waals surface area contributed by atoms with E-state index in [0.717, 1.165) is 33.3 Å². The van der Waals surface area contributed by atoms with Crippen molar-refractivity contribution in [3.8, 4) is 0 Å². The molecule has 5 aromatic rings. The first-order valence-electron chi connectivity index (χ1n) is 14.1. The number of halogens is 2. The highest BCUT2D eigenvalue weighted by molar-refractivity contribution is 7.07. The highest BCUT2D eigenvalue weighted by atomic mass is 35.5. The zero-order chi connectivity index (χ0) is 31.1. The minimum Gasteiger partial charge on any atom is -0.463 e. The van der Waals surface area contributed by atoms with Crippen molar-refractivity contribution in [1.82, 2.24) is 9.13 Å². The third-order valence-electron chi connectivity index (χ3n) is 7.69. The molecule has 10 heteroatoms. The van der Waals surface area contributed by atoms with E-state index in [1.165, 1.54) is 11.3 Å². The molecule has 2 aromatic heterocycles. The lowest BCUT2D eigenvalue weighted by Crippen LogP contribution is -2.39. The SMILES string of the molecule is CCOC(=O)C1=C(C)N=c2s/c(=C/c3cn(Cc4ccc(Cl)c(Cl)c4)c4ccccc34)c(=O)n2[C@@H]1c1ccc(N(C)C)cc1. The normalized spacial score (nSPS) is 15.0. The fraction of sp³-hybridized carbons (Fsp3) is 0.206. The van der Waals surface area contributed by atoms with Crippen LogP contribution in [0.3, 0.4) is 0 Å². The molecule has 224 valence electrons. The highest BCUT2D eigenvalue weighted by Gasteiger charge is 2.33. The summed E-state index contributed by atoms with van der Waals surface area (Å²) in [4.78, 5) is 34.7. The number of nitrogens with zero attached hydrogens (tertiary/aromatic N) is 4. The van der Waals surface area contributed by atoms with Crippen LogP contribution in [0.15, 0.2) is 94.0 Å². The Bertz CT molecular complexity index is 2120.